The van der Waals surface area contributed by atoms with Gasteiger partial charge in [-0.05, 0) is 18.3 Å². The Balaban J connectivity index is 2.68. The third-order valence-electron chi connectivity index (χ3n) is 5.10. The lowest BCUT2D eigenvalue weighted by molar-refractivity contribution is -0.153. The minimum atomic E-state index is -0.918. The normalized spacial score (nSPS) is 47.2. The highest BCUT2D eigenvalue weighted by Gasteiger charge is 2.77. The molecule has 1 N–H and O–H groups in total. The van der Waals surface area contributed by atoms with Gasteiger partial charge in [-0.25, -0.2) is 0 Å². The van der Waals surface area contributed by atoms with Crippen LogP contribution < -0.4 is 0 Å². The van der Waals surface area contributed by atoms with E-state index < -0.39 is 27.0 Å². The first-order valence-corrected chi connectivity index (χ1v) is 6.05. The summed E-state index contributed by atoms with van der Waals surface area (Å²) >= 11 is 3.30. The van der Waals surface area contributed by atoms with Crippen LogP contribution >= 0.6 is 15.9 Å². The summed E-state index contributed by atoms with van der Waals surface area (Å²) in [5.74, 6) is -0.787. The number of hydrogen-bond acceptors (Lipinski definition) is 2. The second kappa shape index (κ2) is 2.65. The third kappa shape index (κ3) is 0.846. The van der Waals surface area contributed by atoms with Crippen molar-refractivity contribution in [1.82, 2.24) is 0 Å². The molecule has 4 heteroatoms. The standard InChI is InChI=1S/C11H15BrO3/c1-9(2)10(3)4-5-11(9,8(14)15)6(12)7(10)13/h6H,4-5H2,1-3H3,(H,14,15)/t6-,10-,11+/m1/s1. The summed E-state index contributed by atoms with van der Waals surface area (Å²) in [7, 11) is 0. The molecule has 0 radical (unpaired) electrons. The molecule has 0 spiro atoms. The van der Waals surface area contributed by atoms with Gasteiger partial charge in [0.05, 0.1) is 10.2 Å². The van der Waals surface area contributed by atoms with Gasteiger partial charge in [0, 0.05) is 5.41 Å². The fourth-order valence-corrected chi connectivity index (χ4v) is 4.93. The highest BCUT2D eigenvalue weighted by molar-refractivity contribution is 9.10. The molecule has 2 fully saturated rings. The van der Waals surface area contributed by atoms with E-state index in [9.17, 15) is 14.7 Å². The average molecular weight is 275 g/mol. The zero-order chi connectivity index (χ0) is 11.6. The molecular formula is C11H15BrO3. The minimum absolute atomic E-state index is 0.0566. The van der Waals surface area contributed by atoms with E-state index in [2.05, 4.69) is 15.9 Å². The molecule has 0 saturated heterocycles. The lowest BCUT2D eigenvalue weighted by atomic mass is 9.65. The molecule has 0 aromatic heterocycles. The predicted molar refractivity (Wildman–Crippen MR) is 58.9 cm³/mol. The van der Waals surface area contributed by atoms with Gasteiger partial charge in [0.25, 0.3) is 0 Å². The van der Waals surface area contributed by atoms with Gasteiger partial charge in [-0.3, -0.25) is 9.59 Å². The van der Waals surface area contributed by atoms with Gasteiger partial charge in [-0.1, -0.05) is 36.7 Å². The van der Waals surface area contributed by atoms with Crippen molar-refractivity contribution in [2.75, 3.05) is 0 Å². The van der Waals surface area contributed by atoms with Gasteiger partial charge < -0.3 is 5.11 Å². The van der Waals surface area contributed by atoms with Gasteiger partial charge in [0.1, 0.15) is 0 Å². The molecule has 2 rings (SSSR count). The second-order valence-corrected chi connectivity index (χ2v) is 6.38. The van der Waals surface area contributed by atoms with Crippen LogP contribution in [0, 0.1) is 16.2 Å². The molecule has 15 heavy (non-hydrogen) atoms. The van der Waals surface area contributed by atoms with E-state index in [1.165, 1.54) is 0 Å². The maximum absolute atomic E-state index is 12.1. The number of carboxylic acids is 1. The number of carbonyl (C=O) groups excluding carboxylic acids is 1. The Hall–Kier alpha value is -0.380. The summed E-state index contributed by atoms with van der Waals surface area (Å²) in [4.78, 5) is 23.1. The van der Waals surface area contributed by atoms with E-state index in [1.807, 2.05) is 20.8 Å². The van der Waals surface area contributed by atoms with Crippen LogP contribution in [0.3, 0.4) is 0 Å². The lowest BCUT2D eigenvalue weighted by Gasteiger charge is -2.37. The number of rotatable bonds is 1. The first-order chi connectivity index (χ1) is 6.72. The first kappa shape index (κ1) is 11.1. The van der Waals surface area contributed by atoms with Crippen LogP contribution in [0.5, 0.6) is 0 Å². The molecule has 2 bridgehead atoms. The van der Waals surface area contributed by atoms with E-state index in [1.54, 1.807) is 0 Å². The zero-order valence-electron chi connectivity index (χ0n) is 9.13. The smallest absolute Gasteiger partial charge is 0.311 e. The number of alkyl halides is 1. The Bertz CT molecular complexity index is 363. The summed E-state index contributed by atoms with van der Waals surface area (Å²) in [6.45, 7) is 5.72. The topological polar surface area (TPSA) is 54.4 Å². The number of halogens is 1. The predicted octanol–water partition coefficient (Wildman–Crippen LogP) is 2.23. The Kier molecular flexibility index (Phi) is 1.96. The maximum Gasteiger partial charge on any atom is 0.311 e. The van der Waals surface area contributed by atoms with Crippen molar-refractivity contribution in [1.29, 1.82) is 0 Å². The van der Waals surface area contributed by atoms with Crippen LogP contribution in [0.15, 0.2) is 0 Å². The molecule has 2 aliphatic rings. The molecule has 3 nitrogen and oxygen atoms in total. The average Bonchev–Trinajstić information content (AvgIpc) is 2.39. The quantitative estimate of drug-likeness (QED) is 0.746. The number of aliphatic carboxylic acids is 1. The van der Waals surface area contributed by atoms with Crippen molar-refractivity contribution in [3.8, 4) is 0 Å². The summed E-state index contributed by atoms with van der Waals surface area (Å²) < 4.78 is 0. The minimum Gasteiger partial charge on any atom is -0.481 e. The first-order valence-electron chi connectivity index (χ1n) is 5.13. The molecule has 84 valence electrons. The molecule has 0 aromatic rings. The fourth-order valence-electron chi connectivity index (χ4n) is 3.43. The van der Waals surface area contributed by atoms with Crippen LogP contribution in [-0.4, -0.2) is 21.7 Å². The lowest BCUT2D eigenvalue weighted by Crippen LogP contribution is -2.44. The molecule has 2 saturated carbocycles. The molecule has 0 heterocycles. The molecule has 0 amide bonds. The van der Waals surface area contributed by atoms with Crippen LogP contribution in [0.4, 0.5) is 0 Å². The third-order valence-corrected chi connectivity index (χ3v) is 6.30. The van der Waals surface area contributed by atoms with Gasteiger partial charge in [0.15, 0.2) is 5.78 Å². The molecule has 2 aliphatic carbocycles. The largest absolute Gasteiger partial charge is 0.481 e. The highest BCUT2D eigenvalue weighted by atomic mass is 79.9. The number of carboxylic acid groups (broad SMARTS) is 1. The summed E-state index contributed by atoms with van der Waals surface area (Å²) in [6.07, 6.45) is 1.28. The Labute approximate surface area is 97.4 Å². The van der Waals surface area contributed by atoms with Gasteiger partial charge in [0.2, 0.25) is 0 Å². The van der Waals surface area contributed by atoms with E-state index in [4.69, 9.17) is 0 Å². The summed E-state index contributed by atoms with van der Waals surface area (Å²) in [5, 5.41) is 9.45. The monoisotopic (exact) mass is 274 g/mol. The Morgan fingerprint density at radius 3 is 2.20 bits per heavy atom. The fraction of sp³-hybridized carbons (Fsp3) is 0.818. The zero-order valence-corrected chi connectivity index (χ0v) is 10.7. The Morgan fingerprint density at radius 2 is 1.93 bits per heavy atom. The molecule has 0 aliphatic heterocycles. The molecule has 0 aromatic carbocycles. The maximum atomic E-state index is 12.1. The van der Waals surface area contributed by atoms with Crippen molar-refractivity contribution in [2.45, 2.75) is 38.4 Å². The van der Waals surface area contributed by atoms with Crippen molar-refractivity contribution in [2.24, 2.45) is 16.2 Å². The van der Waals surface area contributed by atoms with Crippen LogP contribution in [0.1, 0.15) is 33.6 Å². The van der Waals surface area contributed by atoms with Gasteiger partial charge in [-0.15, -0.1) is 0 Å². The van der Waals surface area contributed by atoms with E-state index in [0.717, 1.165) is 0 Å². The van der Waals surface area contributed by atoms with Crippen molar-refractivity contribution >= 4 is 27.7 Å². The number of hydrogen-bond donors (Lipinski definition) is 1. The van der Waals surface area contributed by atoms with E-state index in [-0.39, 0.29) is 5.78 Å². The van der Waals surface area contributed by atoms with Gasteiger partial charge in [-0.2, -0.15) is 0 Å². The van der Waals surface area contributed by atoms with E-state index in [0.29, 0.717) is 12.8 Å². The van der Waals surface area contributed by atoms with Crippen molar-refractivity contribution in [3.05, 3.63) is 0 Å². The highest BCUT2D eigenvalue weighted by Crippen LogP contribution is 2.72. The molecule has 3 atom stereocenters. The number of carbonyl (C=O) groups is 2. The van der Waals surface area contributed by atoms with Crippen LogP contribution in [0.25, 0.3) is 0 Å². The van der Waals surface area contributed by atoms with Crippen molar-refractivity contribution < 1.29 is 14.7 Å². The number of fused-ring (bicyclic) bond motifs is 2. The van der Waals surface area contributed by atoms with E-state index >= 15 is 0 Å². The number of ketones is 1. The van der Waals surface area contributed by atoms with Crippen LogP contribution in [0.2, 0.25) is 0 Å². The molecular weight excluding hydrogens is 260 g/mol. The second-order valence-electron chi connectivity index (χ2n) is 5.46. The number of Topliss-reactive ketones (excluding diaryl/α,β-unsaturated/α-hetero) is 1. The van der Waals surface area contributed by atoms with Crippen LogP contribution in [-0.2, 0) is 9.59 Å². The SMILES string of the molecule is CC1(C)[C@]2(C)CC[C@@]1(C(=O)O)[C@H](Br)C2=O. The van der Waals surface area contributed by atoms with Gasteiger partial charge >= 0.3 is 5.97 Å². The summed E-state index contributed by atoms with van der Waals surface area (Å²) in [5.41, 5.74) is -1.88. The Morgan fingerprint density at radius 1 is 1.40 bits per heavy atom. The molecule has 0 unspecified atom stereocenters. The van der Waals surface area contributed by atoms with Crippen molar-refractivity contribution in [3.63, 3.8) is 0 Å². The summed E-state index contributed by atoms with van der Waals surface area (Å²) in [6, 6.07) is 0.